The monoisotopic (exact) mass is 234 g/mol. The van der Waals surface area contributed by atoms with Crippen molar-refractivity contribution in [3.63, 3.8) is 0 Å². The molecule has 0 N–H and O–H groups in total. The molecule has 0 unspecified atom stereocenters. The van der Waals surface area contributed by atoms with Gasteiger partial charge >= 0.3 is 0 Å². The molecule has 11 heavy (non-hydrogen) atoms. The molecule has 1 nitrogen and oxygen atoms in total. The highest BCUT2D eigenvalue weighted by Gasteiger charge is 2.16. The second-order valence-corrected chi connectivity index (χ2v) is 7.98. The zero-order valence-corrected chi connectivity index (χ0v) is 9.57. The van der Waals surface area contributed by atoms with Gasteiger partial charge in [-0.3, -0.25) is 4.57 Å². The summed E-state index contributed by atoms with van der Waals surface area (Å²) in [7, 11) is 0. The van der Waals surface area contributed by atoms with Crippen LogP contribution in [0.15, 0.2) is 10.6 Å². The molecule has 0 saturated carbocycles. The van der Waals surface area contributed by atoms with Crippen LogP contribution in [0, 0.1) is 0 Å². The lowest BCUT2D eigenvalue weighted by molar-refractivity contribution is 0.594. The smallest absolute Gasteiger partial charge is 0.258 e. The SMILES string of the molecule is CC/C(C)=C(/Cl)CP(=O)(Cl)Cl. The number of halogens is 3. The molecule has 0 aliphatic heterocycles. The highest BCUT2D eigenvalue weighted by Crippen LogP contribution is 2.58. The van der Waals surface area contributed by atoms with Crippen molar-refractivity contribution in [1.29, 1.82) is 0 Å². The van der Waals surface area contributed by atoms with E-state index in [-0.39, 0.29) is 6.16 Å². The van der Waals surface area contributed by atoms with Crippen LogP contribution in [0.25, 0.3) is 0 Å². The van der Waals surface area contributed by atoms with Crippen molar-refractivity contribution < 1.29 is 4.57 Å². The standard InChI is InChI=1S/C6H10Cl3OP/c1-3-5(2)6(7)4-11(8,9)10/h3-4H2,1-2H3/b6-5+. The lowest BCUT2D eigenvalue weighted by Crippen LogP contribution is -1.84. The highest BCUT2D eigenvalue weighted by molar-refractivity contribution is 8.08. The summed E-state index contributed by atoms with van der Waals surface area (Å²) in [4.78, 5) is 0. The summed E-state index contributed by atoms with van der Waals surface area (Å²) in [6, 6.07) is 0. The first kappa shape index (κ1) is 11.8. The number of hydrogen-bond acceptors (Lipinski definition) is 1. The Labute approximate surface area is 81.7 Å². The van der Waals surface area contributed by atoms with Gasteiger partial charge < -0.3 is 0 Å². The lowest BCUT2D eigenvalue weighted by Gasteiger charge is -2.03. The van der Waals surface area contributed by atoms with Gasteiger partial charge in [-0.1, -0.05) is 24.1 Å². The van der Waals surface area contributed by atoms with Gasteiger partial charge in [0.1, 0.15) is 0 Å². The van der Waals surface area contributed by atoms with Gasteiger partial charge in [0, 0.05) is 5.03 Å². The van der Waals surface area contributed by atoms with Gasteiger partial charge in [-0.25, -0.2) is 0 Å². The third-order valence-corrected chi connectivity index (χ3v) is 3.36. The summed E-state index contributed by atoms with van der Waals surface area (Å²) >= 11 is 16.4. The van der Waals surface area contributed by atoms with E-state index in [1.54, 1.807) is 0 Å². The lowest BCUT2D eigenvalue weighted by atomic mass is 10.2. The molecule has 66 valence electrons. The van der Waals surface area contributed by atoms with Crippen molar-refractivity contribution >= 4 is 39.9 Å². The van der Waals surface area contributed by atoms with E-state index in [4.69, 9.17) is 34.1 Å². The Morgan fingerprint density at radius 1 is 1.45 bits per heavy atom. The van der Waals surface area contributed by atoms with E-state index in [1.807, 2.05) is 13.8 Å². The van der Waals surface area contributed by atoms with E-state index in [0.717, 1.165) is 12.0 Å². The van der Waals surface area contributed by atoms with Crippen LogP contribution in [0.5, 0.6) is 0 Å². The van der Waals surface area contributed by atoms with Crippen molar-refractivity contribution in [2.75, 3.05) is 6.16 Å². The van der Waals surface area contributed by atoms with Crippen molar-refractivity contribution in [2.24, 2.45) is 0 Å². The predicted molar refractivity (Wildman–Crippen MR) is 53.0 cm³/mol. The molecular formula is C6H10Cl3OP. The maximum absolute atomic E-state index is 10.9. The third kappa shape index (κ3) is 6.04. The summed E-state index contributed by atoms with van der Waals surface area (Å²) in [6.07, 6.45) is 0.907. The van der Waals surface area contributed by atoms with Crippen LogP contribution in [0.3, 0.4) is 0 Å². The first-order chi connectivity index (χ1) is 4.87. The molecule has 0 aromatic rings. The Morgan fingerprint density at radius 3 is 2.18 bits per heavy atom. The summed E-state index contributed by atoms with van der Waals surface area (Å²) in [6.45, 7) is 3.83. The minimum atomic E-state index is -3.03. The fraction of sp³-hybridized carbons (Fsp3) is 0.667. The van der Waals surface area contributed by atoms with Crippen LogP contribution in [0.1, 0.15) is 20.3 Å². The molecule has 0 aliphatic carbocycles. The van der Waals surface area contributed by atoms with Crippen molar-refractivity contribution in [3.05, 3.63) is 10.6 Å². The Kier molecular flexibility index (Phi) is 5.13. The first-order valence-electron chi connectivity index (χ1n) is 3.19. The summed E-state index contributed by atoms with van der Waals surface area (Å²) in [5, 5.41) is 0.515. The van der Waals surface area contributed by atoms with Crippen LogP contribution >= 0.6 is 39.9 Å². The van der Waals surface area contributed by atoms with Gasteiger partial charge in [-0.15, -0.1) is 0 Å². The van der Waals surface area contributed by atoms with Gasteiger partial charge in [-0.05, 0) is 35.8 Å². The van der Waals surface area contributed by atoms with Crippen LogP contribution in [-0.2, 0) is 4.57 Å². The molecule has 0 atom stereocenters. The second-order valence-electron chi connectivity index (χ2n) is 2.27. The Hall–Kier alpha value is 0.840. The molecule has 0 aromatic carbocycles. The Morgan fingerprint density at radius 2 is 1.91 bits per heavy atom. The maximum Gasteiger partial charge on any atom is 0.258 e. The van der Waals surface area contributed by atoms with Crippen LogP contribution in [-0.4, -0.2) is 6.16 Å². The molecule has 0 spiro atoms. The van der Waals surface area contributed by atoms with Gasteiger partial charge in [0.15, 0.2) is 0 Å². The predicted octanol–water partition coefficient (Wildman–Crippen LogP) is 4.58. The first-order valence-corrected chi connectivity index (χ1v) is 7.27. The summed E-state index contributed by atoms with van der Waals surface area (Å²) < 4.78 is 10.9. The minimum Gasteiger partial charge on any atom is -0.289 e. The van der Waals surface area contributed by atoms with Gasteiger partial charge in [0.05, 0.1) is 6.16 Å². The fourth-order valence-electron chi connectivity index (χ4n) is 0.488. The molecule has 0 heterocycles. The molecular weight excluding hydrogens is 225 g/mol. The molecule has 0 aromatic heterocycles. The average Bonchev–Trinajstić information content (AvgIpc) is 1.82. The van der Waals surface area contributed by atoms with Crippen molar-refractivity contribution in [3.8, 4) is 0 Å². The van der Waals surface area contributed by atoms with Gasteiger partial charge in [-0.2, -0.15) is 0 Å². The molecule has 0 aliphatic rings. The van der Waals surface area contributed by atoms with Gasteiger partial charge in [0.2, 0.25) is 0 Å². The molecule has 0 fully saturated rings. The molecule has 0 amide bonds. The number of rotatable bonds is 3. The molecule has 0 saturated heterocycles. The zero-order chi connectivity index (χ0) is 9.07. The Balaban J connectivity index is 4.29. The van der Waals surface area contributed by atoms with Crippen LogP contribution < -0.4 is 0 Å². The largest absolute Gasteiger partial charge is 0.289 e. The number of allylic oxidation sites excluding steroid dienone is 2. The van der Waals surface area contributed by atoms with E-state index in [1.165, 1.54) is 0 Å². The highest BCUT2D eigenvalue weighted by atomic mass is 35.9. The zero-order valence-electron chi connectivity index (χ0n) is 6.40. The van der Waals surface area contributed by atoms with E-state index < -0.39 is 5.85 Å². The summed E-state index contributed by atoms with van der Waals surface area (Å²) in [5.74, 6) is -3.03. The third-order valence-electron chi connectivity index (χ3n) is 1.32. The normalized spacial score (nSPS) is 14.6. The van der Waals surface area contributed by atoms with Crippen LogP contribution in [0.4, 0.5) is 0 Å². The van der Waals surface area contributed by atoms with Crippen molar-refractivity contribution in [2.45, 2.75) is 20.3 Å². The second kappa shape index (κ2) is 4.77. The van der Waals surface area contributed by atoms with Gasteiger partial charge in [0.25, 0.3) is 5.85 Å². The topological polar surface area (TPSA) is 17.1 Å². The van der Waals surface area contributed by atoms with Crippen molar-refractivity contribution in [1.82, 2.24) is 0 Å². The quantitative estimate of drug-likeness (QED) is 0.654. The molecule has 0 radical (unpaired) electrons. The molecule has 0 bridgehead atoms. The molecule has 5 heteroatoms. The van der Waals surface area contributed by atoms with E-state index >= 15 is 0 Å². The van der Waals surface area contributed by atoms with E-state index in [0.29, 0.717) is 5.03 Å². The minimum absolute atomic E-state index is 0.0807. The van der Waals surface area contributed by atoms with Crippen LogP contribution in [0.2, 0.25) is 0 Å². The van der Waals surface area contributed by atoms with E-state index in [9.17, 15) is 4.57 Å². The van der Waals surface area contributed by atoms with E-state index in [2.05, 4.69) is 0 Å². The molecule has 0 rings (SSSR count). The Bertz CT molecular complexity index is 206. The maximum atomic E-state index is 10.9. The average molecular weight is 235 g/mol. The summed E-state index contributed by atoms with van der Waals surface area (Å²) in [5.41, 5.74) is 0.980. The number of hydrogen-bond donors (Lipinski definition) is 0. The fourth-order valence-corrected chi connectivity index (χ4v) is 2.80.